The van der Waals surface area contributed by atoms with Crippen LogP contribution in [0.25, 0.3) is 0 Å². The number of aliphatic carboxylic acids is 1. The summed E-state index contributed by atoms with van der Waals surface area (Å²) in [7, 11) is 1.74. The van der Waals surface area contributed by atoms with Crippen LogP contribution in [0.4, 0.5) is 0 Å². The third kappa shape index (κ3) is 3.87. The van der Waals surface area contributed by atoms with Crippen LogP contribution in [0.2, 0.25) is 0 Å². The van der Waals surface area contributed by atoms with E-state index in [1.165, 1.54) is 0 Å². The van der Waals surface area contributed by atoms with E-state index in [4.69, 9.17) is 5.11 Å². The lowest BCUT2D eigenvalue weighted by Gasteiger charge is -2.14. The number of carboxylic acid groups (broad SMARTS) is 1. The Bertz CT molecular complexity index is 443. The second kappa shape index (κ2) is 6.58. The molecule has 0 spiro atoms. The predicted molar refractivity (Wildman–Crippen MR) is 71.5 cm³/mol. The lowest BCUT2D eigenvalue weighted by Crippen LogP contribution is -2.41. The summed E-state index contributed by atoms with van der Waals surface area (Å²) >= 11 is 3.27. The molecule has 0 aliphatic heterocycles. The first-order valence-electron chi connectivity index (χ1n) is 5.81. The molecule has 0 saturated carbocycles. The van der Waals surface area contributed by atoms with Crippen molar-refractivity contribution in [2.24, 2.45) is 7.05 Å². The monoisotopic (exact) mass is 316 g/mol. The molecule has 1 heterocycles. The minimum absolute atomic E-state index is 0.369. The van der Waals surface area contributed by atoms with Crippen LogP contribution in [0.3, 0.4) is 0 Å². The molecule has 1 aromatic heterocycles. The van der Waals surface area contributed by atoms with Gasteiger partial charge in [0.25, 0.3) is 5.91 Å². The van der Waals surface area contributed by atoms with Crippen LogP contribution in [0.15, 0.2) is 16.7 Å². The first-order valence-corrected chi connectivity index (χ1v) is 6.60. The largest absolute Gasteiger partial charge is 0.480 e. The van der Waals surface area contributed by atoms with E-state index in [0.29, 0.717) is 12.1 Å². The molecular formula is C12H17BrN2O3. The Morgan fingerprint density at radius 1 is 1.56 bits per heavy atom. The van der Waals surface area contributed by atoms with Gasteiger partial charge in [0.15, 0.2) is 0 Å². The van der Waals surface area contributed by atoms with E-state index >= 15 is 0 Å². The molecule has 18 heavy (non-hydrogen) atoms. The normalized spacial score (nSPS) is 12.2. The van der Waals surface area contributed by atoms with Crippen LogP contribution in [-0.2, 0) is 11.8 Å². The van der Waals surface area contributed by atoms with Gasteiger partial charge in [0, 0.05) is 17.7 Å². The van der Waals surface area contributed by atoms with Crippen molar-refractivity contribution < 1.29 is 14.7 Å². The summed E-state index contributed by atoms with van der Waals surface area (Å²) in [6.45, 7) is 1.98. The summed E-state index contributed by atoms with van der Waals surface area (Å²) in [4.78, 5) is 23.0. The van der Waals surface area contributed by atoms with Crippen LogP contribution < -0.4 is 5.32 Å². The number of aryl methyl sites for hydroxylation is 1. The van der Waals surface area contributed by atoms with Gasteiger partial charge in [-0.3, -0.25) is 4.79 Å². The van der Waals surface area contributed by atoms with Crippen molar-refractivity contribution in [1.82, 2.24) is 9.88 Å². The van der Waals surface area contributed by atoms with Crippen molar-refractivity contribution in [3.8, 4) is 0 Å². The average Bonchev–Trinajstić information content (AvgIpc) is 2.63. The number of hydrogen-bond acceptors (Lipinski definition) is 2. The number of rotatable bonds is 6. The number of carbonyl (C=O) groups is 2. The zero-order chi connectivity index (χ0) is 13.7. The molecule has 0 saturated heterocycles. The van der Waals surface area contributed by atoms with Gasteiger partial charge in [-0.25, -0.2) is 4.79 Å². The Morgan fingerprint density at radius 2 is 2.22 bits per heavy atom. The van der Waals surface area contributed by atoms with E-state index in [-0.39, 0.29) is 5.91 Å². The number of carboxylic acids is 1. The third-order valence-corrected chi connectivity index (χ3v) is 3.09. The molecule has 0 radical (unpaired) electrons. The molecule has 1 rings (SSSR count). The second-order valence-electron chi connectivity index (χ2n) is 4.16. The molecule has 0 aromatic carbocycles. The van der Waals surface area contributed by atoms with Crippen LogP contribution >= 0.6 is 15.9 Å². The molecule has 0 aliphatic carbocycles. The van der Waals surface area contributed by atoms with Gasteiger partial charge in [0.1, 0.15) is 11.7 Å². The Kier molecular flexibility index (Phi) is 5.40. The summed E-state index contributed by atoms with van der Waals surface area (Å²) in [5.74, 6) is -1.36. The highest BCUT2D eigenvalue weighted by Gasteiger charge is 2.21. The van der Waals surface area contributed by atoms with Gasteiger partial charge >= 0.3 is 5.97 Å². The van der Waals surface area contributed by atoms with Crippen molar-refractivity contribution in [3.05, 3.63) is 22.4 Å². The average molecular weight is 317 g/mol. The zero-order valence-electron chi connectivity index (χ0n) is 10.4. The van der Waals surface area contributed by atoms with Gasteiger partial charge in [-0.05, 0) is 28.4 Å². The first-order chi connectivity index (χ1) is 8.45. The molecule has 5 nitrogen and oxygen atoms in total. The van der Waals surface area contributed by atoms with E-state index in [2.05, 4.69) is 21.2 Å². The van der Waals surface area contributed by atoms with Gasteiger partial charge in [0.05, 0.1) is 0 Å². The van der Waals surface area contributed by atoms with Gasteiger partial charge < -0.3 is 15.0 Å². The predicted octanol–water partition coefficient (Wildman–Crippen LogP) is 2.16. The maximum absolute atomic E-state index is 11.9. The second-order valence-corrected chi connectivity index (χ2v) is 5.08. The van der Waals surface area contributed by atoms with Crippen LogP contribution in [0, 0.1) is 0 Å². The summed E-state index contributed by atoms with van der Waals surface area (Å²) in [6, 6.07) is 0.833. The summed E-state index contributed by atoms with van der Waals surface area (Å²) < 4.78 is 2.44. The number of carbonyl (C=O) groups excluding carboxylic acids is 1. The Hall–Kier alpha value is -1.30. The number of aromatic nitrogens is 1. The van der Waals surface area contributed by atoms with Crippen molar-refractivity contribution in [3.63, 3.8) is 0 Å². The van der Waals surface area contributed by atoms with Gasteiger partial charge in [-0.1, -0.05) is 19.8 Å². The fraction of sp³-hybridized carbons (Fsp3) is 0.500. The zero-order valence-corrected chi connectivity index (χ0v) is 12.0. The van der Waals surface area contributed by atoms with Crippen LogP contribution in [-0.4, -0.2) is 27.6 Å². The lowest BCUT2D eigenvalue weighted by atomic mass is 10.1. The standard InChI is InChI=1S/C12H17BrN2O3/c1-3-4-5-9(12(17)18)14-11(16)10-6-8(13)7-15(10)2/h6-7,9H,3-5H2,1-2H3,(H,14,16)(H,17,18). The number of amides is 1. The SMILES string of the molecule is CCCCC(NC(=O)c1cc(Br)cn1C)C(=O)O. The van der Waals surface area contributed by atoms with Crippen molar-refractivity contribution in [2.45, 2.75) is 32.2 Å². The molecule has 0 aliphatic rings. The highest BCUT2D eigenvalue weighted by molar-refractivity contribution is 9.10. The highest BCUT2D eigenvalue weighted by Crippen LogP contribution is 2.14. The van der Waals surface area contributed by atoms with Crippen LogP contribution in [0.1, 0.15) is 36.7 Å². The molecular weight excluding hydrogens is 300 g/mol. The fourth-order valence-corrected chi connectivity index (χ4v) is 2.17. The number of hydrogen-bond donors (Lipinski definition) is 2. The molecule has 1 aromatic rings. The smallest absolute Gasteiger partial charge is 0.326 e. The summed E-state index contributed by atoms with van der Waals surface area (Å²) in [6.07, 6.45) is 3.86. The molecule has 6 heteroatoms. The molecule has 100 valence electrons. The minimum Gasteiger partial charge on any atom is -0.480 e. The number of nitrogens with zero attached hydrogens (tertiary/aromatic N) is 1. The van der Waals surface area contributed by atoms with Crippen molar-refractivity contribution >= 4 is 27.8 Å². The third-order valence-electron chi connectivity index (χ3n) is 2.65. The molecule has 1 amide bonds. The quantitative estimate of drug-likeness (QED) is 0.844. The van der Waals surface area contributed by atoms with E-state index in [1.54, 1.807) is 23.9 Å². The lowest BCUT2D eigenvalue weighted by molar-refractivity contribution is -0.139. The maximum atomic E-state index is 11.9. The van der Waals surface area contributed by atoms with Gasteiger partial charge in [-0.2, -0.15) is 0 Å². The van der Waals surface area contributed by atoms with E-state index in [1.807, 2.05) is 6.92 Å². The van der Waals surface area contributed by atoms with Crippen molar-refractivity contribution in [1.29, 1.82) is 0 Å². The number of unbranched alkanes of at least 4 members (excludes halogenated alkanes) is 1. The Morgan fingerprint density at radius 3 is 2.67 bits per heavy atom. The Labute approximate surface area is 114 Å². The van der Waals surface area contributed by atoms with Gasteiger partial charge in [0.2, 0.25) is 0 Å². The Balaban J connectivity index is 2.72. The summed E-state index contributed by atoms with van der Waals surface area (Å²) in [5.41, 5.74) is 0.435. The summed E-state index contributed by atoms with van der Waals surface area (Å²) in [5, 5.41) is 11.6. The minimum atomic E-state index is -0.995. The highest BCUT2D eigenvalue weighted by atomic mass is 79.9. The number of nitrogens with one attached hydrogen (secondary N) is 1. The first kappa shape index (κ1) is 14.8. The molecule has 2 N–H and O–H groups in total. The van der Waals surface area contributed by atoms with Gasteiger partial charge in [-0.15, -0.1) is 0 Å². The molecule has 1 atom stereocenters. The molecule has 0 fully saturated rings. The van der Waals surface area contributed by atoms with E-state index in [9.17, 15) is 9.59 Å². The van der Waals surface area contributed by atoms with Crippen LogP contribution in [0.5, 0.6) is 0 Å². The maximum Gasteiger partial charge on any atom is 0.326 e. The molecule has 0 bridgehead atoms. The fourth-order valence-electron chi connectivity index (χ4n) is 1.65. The van der Waals surface area contributed by atoms with E-state index < -0.39 is 12.0 Å². The molecule has 1 unspecified atom stereocenters. The van der Waals surface area contributed by atoms with Crippen molar-refractivity contribution in [2.75, 3.05) is 0 Å². The van der Waals surface area contributed by atoms with E-state index in [0.717, 1.165) is 17.3 Å². The number of halogens is 1. The topological polar surface area (TPSA) is 71.3 Å².